The molecule has 1 aromatic heterocycles. The molecule has 1 aliphatic rings. The Balaban J connectivity index is 2.10. The zero-order valence-corrected chi connectivity index (χ0v) is 15.4. The number of benzene rings is 2. The number of halogens is 1. The number of carbonyl (C=O) groups is 1. The van der Waals surface area contributed by atoms with Crippen molar-refractivity contribution in [2.45, 2.75) is 25.4 Å². The van der Waals surface area contributed by atoms with Crippen LogP contribution in [0.2, 0.25) is 5.02 Å². The number of carboxylic acid groups (broad SMARTS) is 1. The molecule has 2 N–H and O–H groups in total. The smallest absolute Gasteiger partial charge is 0.307 e. The fourth-order valence-corrected chi connectivity index (χ4v) is 4.36. The maximum Gasteiger partial charge on any atom is 0.307 e. The number of aliphatic carboxylic acids is 1. The van der Waals surface area contributed by atoms with Gasteiger partial charge in [0.2, 0.25) is 0 Å². The molecule has 0 spiro atoms. The second-order valence-corrected chi connectivity index (χ2v) is 7.16. The van der Waals surface area contributed by atoms with Crippen LogP contribution in [-0.4, -0.2) is 22.7 Å². The van der Waals surface area contributed by atoms with E-state index in [1.165, 1.54) is 0 Å². The van der Waals surface area contributed by atoms with Crippen LogP contribution < -0.4 is 0 Å². The Kier molecular flexibility index (Phi) is 4.18. The standard InChI is InChI=1S/C21H17ClN2O3/c1-12-9-16(22)19-18(15(12)11-23)14-7-8-27-21(10-17(25)26,20(14)24-19)13-5-3-2-4-6-13/h2-6,9,24H,7-8,10H2,1H3,(H,25,26). The summed E-state index contributed by atoms with van der Waals surface area (Å²) in [4.78, 5) is 15.1. The molecule has 0 radical (unpaired) electrons. The molecular weight excluding hydrogens is 364 g/mol. The number of aryl methyl sites for hydroxylation is 1. The minimum Gasteiger partial charge on any atom is -0.481 e. The number of H-pyrrole nitrogens is 1. The maximum atomic E-state index is 11.7. The number of nitriles is 1. The Bertz CT molecular complexity index is 1100. The molecule has 0 saturated carbocycles. The van der Waals surface area contributed by atoms with Gasteiger partial charge in [0.25, 0.3) is 0 Å². The maximum absolute atomic E-state index is 11.7. The SMILES string of the molecule is Cc1cc(Cl)c2[nH]c3c(c2c1C#N)CCOC3(CC(=O)O)c1ccccc1. The highest BCUT2D eigenvalue weighted by molar-refractivity contribution is 6.35. The molecule has 6 heteroatoms. The molecule has 1 atom stereocenters. The molecule has 0 fully saturated rings. The first kappa shape index (κ1) is 17.6. The molecule has 27 heavy (non-hydrogen) atoms. The summed E-state index contributed by atoms with van der Waals surface area (Å²) in [6.07, 6.45) is 0.354. The normalized spacial score (nSPS) is 18.9. The number of fused-ring (bicyclic) bond motifs is 3. The second kappa shape index (κ2) is 6.41. The van der Waals surface area contributed by atoms with Gasteiger partial charge in [-0.3, -0.25) is 4.79 Å². The molecule has 2 heterocycles. The van der Waals surface area contributed by atoms with E-state index in [2.05, 4.69) is 11.1 Å². The van der Waals surface area contributed by atoms with Crippen LogP contribution in [0.15, 0.2) is 36.4 Å². The molecule has 1 aliphatic heterocycles. The minimum absolute atomic E-state index is 0.227. The summed E-state index contributed by atoms with van der Waals surface area (Å²) in [6.45, 7) is 2.21. The van der Waals surface area contributed by atoms with Crippen molar-refractivity contribution in [3.05, 3.63) is 69.4 Å². The van der Waals surface area contributed by atoms with Crippen molar-refractivity contribution in [2.75, 3.05) is 6.61 Å². The van der Waals surface area contributed by atoms with E-state index in [0.29, 0.717) is 34.8 Å². The number of hydrogen-bond donors (Lipinski definition) is 2. The summed E-state index contributed by atoms with van der Waals surface area (Å²) in [5, 5.41) is 20.6. The third kappa shape index (κ3) is 2.61. The van der Waals surface area contributed by atoms with E-state index in [9.17, 15) is 15.2 Å². The van der Waals surface area contributed by atoms with Crippen LogP contribution >= 0.6 is 11.6 Å². The Hall–Kier alpha value is -2.81. The molecule has 136 valence electrons. The van der Waals surface area contributed by atoms with Crippen LogP contribution in [0.5, 0.6) is 0 Å². The molecular formula is C21H17ClN2O3. The van der Waals surface area contributed by atoms with Crippen molar-refractivity contribution in [1.29, 1.82) is 5.26 Å². The van der Waals surface area contributed by atoms with Crippen molar-refractivity contribution in [3.63, 3.8) is 0 Å². The molecule has 4 rings (SSSR count). The second-order valence-electron chi connectivity index (χ2n) is 6.75. The lowest BCUT2D eigenvalue weighted by Gasteiger charge is -2.37. The fraction of sp³-hybridized carbons (Fsp3) is 0.238. The first-order chi connectivity index (χ1) is 13.0. The van der Waals surface area contributed by atoms with Gasteiger partial charge in [0.05, 0.1) is 34.8 Å². The van der Waals surface area contributed by atoms with Crippen LogP contribution in [0.25, 0.3) is 10.9 Å². The molecule has 0 aliphatic carbocycles. The van der Waals surface area contributed by atoms with Crippen LogP contribution in [0, 0.1) is 18.3 Å². The largest absolute Gasteiger partial charge is 0.481 e. The van der Waals surface area contributed by atoms with Gasteiger partial charge < -0.3 is 14.8 Å². The summed E-state index contributed by atoms with van der Waals surface area (Å²) < 4.78 is 6.12. The van der Waals surface area contributed by atoms with E-state index in [4.69, 9.17) is 16.3 Å². The van der Waals surface area contributed by atoms with E-state index in [-0.39, 0.29) is 6.42 Å². The average molecular weight is 381 g/mol. The van der Waals surface area contributed by atoms with Crippen molar-refractivity contribution < 1.29 is 14.6 Å². The topological polar surface area (TPSA) is 86.1 Å². The Morgan fingerprint density at radius 2 is 2.15 bits per heavy atom. The number of carboxylic acids is 1. The number of aromatic amines is 1. The third-order valence-corrected chi connectivity index (χ3v) is 5.48. The number of nitrogens with one attached hydrogen (secondary N) is 1. The van der Waals surface area contributed by atoms with Crippen LogP contribution in [-0.2, 0) is 21.6 Å². The summed E-state index contributed by atoms with van der Waals surface area (Å²) in [6, 6.07) is 13.3. The first-order valence-corrected chi connectivity index (χ1v) is 9.01. The quantitative estimate of drug-likeness (QED) is 0.709. The minimum atomic E-state index is -1.15. The van der Waals surface area contributed by atoms with E-state index in [1.807, 2.05) is 37.3 Å². The van der Waals surface area contributed by atoms with Crippen molar-refractivity contribution in [2.24, 2.45) is 0 Å². The van der Waals surface area contributed by atoms with E-state index >= 15 is 0 Å². The van der Waals surface area contributed by atoms with E-state index < -0.39 is 11.6 Å². The molecule has 5 nitrogen and oxygen atoms in total. The van der Waals surface area contributed by atoms with Gasteiger partial charge in [-0.2, -0.15) is 5.26 Å². The Labute approximate surface area is 161 Å². The van der Waals surface area contributed by atoms with Gasteiger partial charge in [0.1, 0.15) is 11.7 Å². The first-order valence-electron chi connectivity index (χ1n) is 8.63. The zero-order valence-electron chi connectivity index (χ0n) is 14.7. The number of aromatic nitrogens is 1. The Morgan fingerprint density at radius 1 is 1.41 bits per heavy atom. The number of ether oxygens (including phenoxy) is 1. The zero-order chi connectivity index (χ0) is 19.2. The molecule has 2 aromatic carbocycles. The predicted molar refractivity (Wildman–Crippen MR) is 102 cm³/mol. The molecule has 1 unspecified atom stereocenters. The summed E-state index contributed by atoms with van der Waals surface area (Å²) in [5.74, 6) is -0.965. The molecule has 0 bridgehead atoms. The number of rotatable bonds is 3. The lowest BCUT2D eigenvalue weighted by molar-refractivity contribution is -0.144. The van der Waals surface area contributed by atoms with Gasteiger partial charge in [0, 0.05) is 5.39 Å². The highest BCUT2D eigenvalue weighted by Gasteiger charge is 2.44. The van der Waals surface area contributed by atoms with Crippen molar-refractivity contribution in [3.8, 4) is 6.07 Å². The Morgan fingerprint density at radius 3 is 2.81 bits per heavy atom. The molecule has 0 saturated heterocycles. The van der Waals surface area contributed by atoms with Gasteiger partial charge in [-0.05, 0) is 36.1 Å². The lowest BCUT2D eigenvalue weighted by Crippen LogP contribution is -2.39. The predicted octanol–water partition coefficient (Wildman–Crippen LogP) is 4.29. The highest BCUT2D eigenvalue weighted by Crippen LogP contribution is 2.46. The number of hydrogen-bond acceptors (Lipinski definition) is 3. The van der Waals surface area contributed by atoms with Crippen LogP contribution in [0.3, 0.4) is 0 Å². The van der Waals surface area contributed by atoms with Crippen molar-refractivity contribution >= 4 is 28.5 Å². The third-order valence-electron chi connectivity index (χ3n) is 5.19. The lowest BCUT2D eigenvalue weighted by atomic mass is 9.82. The average Bonchev–Trinajstić information content (AvgIpc) is 3.04. The van der Waals surface area contributed by atoms with Gasteiger partial charge in [-0.25, -0.2) is 0 Å². The number of nitrogens with zero attached hydrogens (tertiary/aromatic N) is 1. The molecule has 3 aromatic rings. The fourth-order valence-electron chi connectivity index (χ4n) is 4.05. The highest BCUT2D eigenvalue weighted by atomic mass is 35.5. The summed E-state index contributed by atoms with van der Waals surface area (Å²) >= 11 is 6.46. The van der Waals surface area contributed by atoms with Crippen LogP contribution in [0.1, 0.15) is 34.4 Å². The van der Waals surface area contributed by atoms with Gasteiger partial charge >= 0.3 is 5.97 Å². The van der Waals surface area contributed by atoms with E-state index in [1.54, 1.807) is 6.07 Å². The van der Waals surface area contributed by atoms with Crippen molar-refractivity contribution in [1.82, 2.24) is 4.98 Å². The molecule has 0 amide bonds. The summed E-state index contributed by atoms with van der Waals surface area (Å²) in [5.41, 5.74) is 3.19. The van der Waals surface area contributed by atoms with Crippen LogP contribution in [0.4, 0.5) is 0 Å². The van der Waals surface area contributed by atoms with E-state index in [0.717, 1.165) is 22.1 Å². The van der Waals surface area contributed by atoms with Gasteiger partial charge in [-0.15, -0.1) is 0 Å². The van der Waals surface area contributed by atoms with Gasteiger partial charge in [0.15, 0.2) is 0 Å². The monoisotopic (exact) mass is 380 g/mol. The van der Waals surface area contributed by atoms with Gasteiger partial charge in [-0.1, -0.05) is 41.9 Å². The summed E-state index contributed by atoms with van der Waals surface area (Å²) in [7, 11) is 0.